The SMILES string of the molecule is C=CC(=O)NCCN1CCc2c(c(N)c(C(N)=O)n2-c2ccc(Oc3ccccc3)cc2)C1. The molecule has 1 aromatic heterocycles. The van der Waals surface area contributed by atoms with E-state index in [-0.39, 0.29) is 5.91 Å². The zero-order valence-corrected chi connectivity index (χ0v) is 18.3. The van der Waals surface area contributed by atoms with Crippen LogP contribution in [0.1, 0.15) is 21.7 Å². The van der Waals surface area contributed by atoms with Crippen LogP contribution in [0.2, 0.25) is 0 Å². The number of aromatic nitrogens is 1. The van der Waals surface area contributed by atoms with Crippen LogP contribution in [0.4, 0.5) is 5.69 Å². The number of benzene rings is 2. The maximum atomic E-state index is 12.3. The molecule has 170 valence electrons. The number of hydrogen-bond donors (Lipinski definition) is 3. The van der Waals surface area contributed by atoms with E-state index >= 15 is 0 Å². The minimum Gasteiger partial charge on any atom is -0.457 e. The lowest BCUT2D eigenvalue weighted by molar-refractivity contribution is -0.116. The van der Waals surface area contributed by atoms with Crippen LogP contribution in [0.15, 0.2) is 67.3 Å². The topological polar surface area (TPSA) is 116 Å². The molecule has 8 heteroatoms. The number of hydrogen-bond acceptors (Lipinski definition) is 5. The Labute approximate surface area is 192 Å². The molecule has 0 unspecified atom stereocenters. The molecule has 3 aromatic rings. The summed E-state index contributed by atoms with van der Waals surface area (Å²) >= 11 is 0. The smallest absolute Gasteiger partial charge is 0.267 e. The fourth-order valence-electron chi connectivity index (χ4n) is 4.11. The third-order valence-corrected chi connectivity index (χ3v) is 5.69. The average Bonchev–Trinajstić information content (AvgIpc) is 3.12. The van der Waals surface area contributed by atoms with Gasteiger partial charge in [-0.1, -0.05) is 24.8 Å². The molecule has 4 rings (SSSR count). The summed E-state index contributed by atoms with van der Waals surface area (Å²) in [4.78, 5) is 25.9. The molecule has 2 amide bonds. The Morgan fingerprint density at radius 2 is 1.79 bits per heavy atom. The molecule has 1 aliphatic rings. The first-order valence-electron chi connectivity index (χ1n) is 10.8. The number of fused-ring (bicyclic) bond motifs is 1. The Morgan fingerprint density at radius 1 is 1.09 bits per heavy atom. The molecular formula is C25H27N5O3. The molecule has 8 nitrogen and oxygen atoms in total. The molecular weight excluding hydrogens is 418 g/mol. The fraction of sp³-hybridized carbons (Fsp3) is 0.200. The van der Waals surface area contributed by atoms with E-state index < -0.39 is 5.91 Å². The van der Waals surface area contributed by atoms with Crippen molar-refractivity contribution in [3.63, 3.8) is 0 Å². The van der Waals surface area contributed by atoms with Gasteiger partial charge in [0.05, 0.1) is 5.69 Å². The highest BCUT2D eigenvalue weighted by Crippen LogP contribution is 2.34. The van der Waals surface area contributed by atoms with E-state index in [9.17, 15) is 9.59 Å². The van der Waals surface area contributed by atoms with Gasteiger partial charge >= 0.3 is 0 Å². The van der Waals surface area contributed by atoms with Crippen LogP contribution in [0.25, 0.3) is 5.69 Å². The highest BCUT2D eigenvalue weighted by Gasteiger charge is 2.29. The molecule has 5 N–H and O–H groups in total. The Balaban J connectivity index is 1.58. The average molecular weight is 446 g/mol. The second-order valence-electron chi connectivity index (χ2n) is 7.82. The zero-order chi connectivity index (χ0) is 23.4. The predicted molar refractivity (Wildman–Crippen MR) is 127 cm³/mol. The minimum absolute atomic E-state index is 0.200. The van der Waals surface area contributed by atoms with Gasteiger partial charge < -0.3 is 26.1 Å². The summed E-state index contributed by atoms with van der Waals surface area (Å²) in [5, 5.41) is 2.78. The second kappa shape index (κ2) is 9.62. The Bertz CT molecular complexity index is 1170. The molecule has 1 aliphatic heterocycles. The van der Waals surface area contributed by atoms with E-state index in [1.165, 1.54) is 6.08 Å². The van der Waals surface area contributed by atoms with Gasteiger partial charge in [-0.25, -0.2) is 0 Å². The van der Waals surface area contributed by atoms with Crippen LogP contribution in [0.5, 0.6) is 11.5 Å². The number of para-hydroxylation sites is 1. The van der Waals surface area contributed by atoms with Crippen molar-refractivity contribution < 1.29 is 14.3 Å². The molecule has 0 spiro atoms. The van der Waals surface area contributed by atoms with E-state index in [2.05, 4.69) is 16.8 Å². The normalized spacial score (nSPS) is 13.2. The van der Waals surface area contributed by atoms with Crippen LogP contribution in [-0.4, -0.2) is 40.9 Å². The number of nitrogens with one attached hydrogen (secondary N) is 1. The maximum absolute atomic E-state index is 12.3. The van der Waals surface area contributed by atoms with Crippen LogP contribution >= 0.6 is 0 Å². The largest absolute Gasteiger partial charge is 0.457 e. The maximum Gasteiger partial charge on any atom is 0.267 e. The molecule has 0 aliphatic carbocycles. The van der Waals surface area contributed by atoms with Crippen molar-refractivity contribution in [1.82, 2.24) is 14.8 Å². The third kappa shape index (κ3) is 4.75. The predicted octanol–water partition coefficient (Wildman–Crippen LogP) is 2.61. The second-order valence-corrected chi connectivity index (χ2v) is 7.82. The first-order valence-corrected chi connectivity index (χ1v) is 10.8. The van der Waals surface area contributed by atoms with Crippen molar-refractivity contribution in [1.29, 1.82) is 0 Å². The van der Waals surface area contributed by atoms with Gasteiger partial charge in [-0.05, 0) is 42.5 Å². The summed E-state index contributed by atoms with van der Waals surface area (Å²) in [7, 11) is 0. The van der Waals surface area contributed by atoms with E-state index in [0.29, 0.717) is 43.2 Å². The lowest BCUT2D eigenvalue weighted by Gasteiger charge is -2.28. The first kappa shape index (κ1) is 22.2. The number of nitrogen functional groups attached to an aromatic ring is 1. The summed E-state index contributed by atoms with van der Waals surface area (Å²) in [5.74, 6) is 0.660. The lowest BCUT2D eigenvalue weighted by atomic mass is 10.1. The zero-order valence-electron chi connectivity index (χ0n) is 18.3. The Hall–Kier alpha value is -4.04. The molecule has 33 heavy (non-hydrogen) atoms. The van der Waals surface area contributed by atoms with Crippen molar-refractivity contribution >= 4 is 17.5 Å². The number of anilines is 1. The van der Waals surface area contributed by atoms with Gasteiger partial charge in [-0.3, -0.25) is 14.5 Å². The number of amides is 2. The van der Waals surface area contributed by atoms with Crippen molar-refractivity contribution in [2.75, 3.05) is 25.4 Å². The molecule has 0 fully saturated rings. The van der Waals surface area contributed by atoms with E-state index in [4.69, 9.17) is 16.2 Å². The standard InChI is InChI=1S/C25H27N5O3/c1-2-22(31)28-13-15-29-14-12-21-20(16-29)23(26)24(25(27)32)30(21)17-8-10-19(11-9-17)33-18-6-4-3-5-7-18/h2-11H,1,12-16,26H2,(H2,27,32)(H,28,31). The number of rotatable bonds is 8. The van der Waals surface area contributed by atoms with Gasteiger partial charge in [0.25, 0.3) is 5.91 Å². The van der Waals surface area contributed by atoms with Crippen LogP contribution in [0.3, 0.4) is 0 Å². The first-order chi connectivity index (χ1) is 16.0. The van der Waals surface area contributed by atoms with Crippen molar-refractivity contribution in [3.8, 4) is 17.2 Å². The monoisotopic (exact) mass is 445 g/mol. The summed E-state index contributed by atoms with van der Waals surface area (Å²) in [6.45, 7) is 5.98. The number of primary amides is 1. The van der Waals surface area contributed by atoms with Crippen molar-refractivity contribution in [3.05, 3.63) is 84.2 Å². The summed E-state index contributed by atoms with van der Waals surface area (Å²) in [5.41, 5.74) is 15.5. The van der Waals surface area contributed by atoms with Crippen molar-refractivity contribution in [2.24, 2.45) is 5.73 Å². The summed E-state index contributed by atoms with van der Waals surface area (Å²) < 4.78 is 7.73. The molecule has 0 bridgehead atoms. The number of ether oxygens (including phenoxy) is 1. The highest BCUT2D eigenvalue weighted by molar-refractivity contribution is 5.98. The van der Waals surface area contributed by atoms with Gasteiger partial charge in [-0.15, -0.1) is 0 Å². The number of nitrogens with two attached hydrogens (primary N) is 2. The van der Waals surface area contributed by atoms with Crippen molar-refractivity contribution in [2.45, 2.75) is 13.0 Å². The number of nitrogens with zero attached hydrogens (tertiary/aromatic N) is 2. The Kier molecular flexibility index (Phi) is 6.46. The molecule has 0 atom stereocenters. The van der Waals surface area contributed by atoms with Gasteiger partial charge in [0.1, 0.15) is 17.2 Å². The van der Waals surface area contributed by atoms with Crippen LogP contribution in [0, 0.1) is 0 Å². The number of carbonyl (C=O) groups excluding carboxylic acids is 2. The van der Waals surface area contributed by atoms with Gasteiger partial charge in [0.2, 0.25) is 5.91 Å². The Morgan fingerprint density at radius 3 is 2.45 bits per heavy atom. The minimum atomic E-state index is -0.573. The van der Waals surface area contributed by atoms with E-state index in [1.54, 1.807) is 0 Å². The molecule has 0 saturated heterocycles. The number of carbonyl (C=O) groups is 2. The van der Waals surface area contributed by atoms with E-state index in [1.807, 2.05) is 59.2 Å². The lowest BCUT2D eigenvalue weighted by Crippen LogP contribution is -2.37. The quantitative estimate of drug-likeness (QED) is 0.461. The molecule has 0 saturated carbocycles. The molecule has 2 heterocycles. The molecule has 2 aromatic carbocycles. The fourth-order valence-corrected chi connectivity index (χ4v) is 4.11. The van der Waals surface area contributed by atoms with Gasteiger partial charge in [-0.2, -0.15) is 0 Å². The summed E-state index contributed by atoms with van der Waals surface area (Å²) in [6, 6.07) is 17.0. The van der Waals surface area contributed by atoms with Gasteiger partial charge in [0.15, 0.2) is 0 Å². The van der Waals surface area contributed by atoms with Crippen LogP contribution < -0.4 is 21.5 Å². The third-order valence-electron chi connectivity index (χ3n) is 5.69. The van der Waals surface area contributed by atoms with Crippen LogP contribution in [-0.2, 0) is 17.8 Å². The molecule has 0 radical (unpaired) electrons. The highest BCUT2D eigenvalue weighted by atomic mass is 16.5. The van der Waals surface area contributed by atoms with E-state index in [0.717, 1.165) is 29.2 Å². The summed E-state index contributed by atoms with van der Waals surface area (Å²) in [6.07, 6.45) is 1.95. The van der Waals surface area contributed by atoms with Gasteiger partial charge in [0, 0.05) is 49.5 Å².